The summed E-state index contributed by atoms with van der Waals surface area (Å²) in [6.45, 7) is 7.65. The van der Waals surface area contributed by atoms with Crippen LogP contribution in [0.3, 0.4) is 0 Å². The van der Waals surface area contributed by atoms with Gasteiger partial charge in [-0.25, -0.2) is 0 Å². The van der Waals surface area contributed by atoms with Crippen molar-refractivity contribution in [3.63, 3.8) is 0 Å². The molecule has 0 N–H and O–H groups in total. The van der Waals surface area contributed by atoms with Crippen molar-refractivity contribution in [2.24, 2.45) is 0 Å². The van der Waals surface area contributed by atoms with Crippen molar-refractivity contribution in [2.75, 3.05) is 0 Å². The van der Waals surface area contributed by atoms with Crippen LogP contribution >= 0.6 is 0 Å². The largest absolute Gasteiger partial charge is 0.462 e. The van der Waals surface area contributed by atoms with E-state index in [1.807, 2.05) is 0 Å². The summed E-state index contributed by atoms with van der Waals surface area (Å²) >= 11 is 0. The number of carbonyl (C=O) groups is 4. The second-order valence-electron chi connectivity index (χ2n) is 4.64. The quantitative estimate of drug-likeness (QED) is 0.482. The Kier molecular flexibility index (Phi) is 10.0. The first-order chi connectivity index (χ1) is 11.3. The summed E-state index contributed by atoms with van der Waals surface area (Å²) in [5.41, 5.74) is 1.17. The Morgan fingerprint density at radius 2 is 1.46 bits per heavy atom. The summed E-state index contributed by atoms with van der Waals surface area (Å²) in [5.74, 6) is 0.362. The average Bonchev–Trinajstić information content (AvgIpc) is 3.09. The van der Waals surface area contributed by atoms with Crippen molar-refractivity contribution in [2.45, 2.75) is 20.8 Å². The number of aldehydes is 1. The van der Waals surface area contributed by atoms with Crippen LogP contribution in [-0.2, 0) is 4.79 Å². The van der Waals surface area contributed by atoms with Crippen LogP contribution in [-0.4, -0.2) is 23.6 Å². The van der Waals surface area contributed by atoms with Gasteiger partial charge >= 0.3 is 0 Å². The molecule has 0 unspecified atom stereocenters. The Morgan fingerprint density at radius 1 is 0.958 bits per heavy atom. The summed E-state index contributed by atoms with van der Waals surface area (Å²) in [6, 6.07) is 10.0. The van der Waals surface area contributed by atoms with Crippen molar-refractivity contribution in [3.05, 3.63) is 72.2 Å². The van der Waals surface area contributed by atoms with Crippen molar-refractivity contribution in [1.29, 1.82) is 0 Å². The minimum Gasteiger partial charge on any atom is -0.462 e. The molecular weight excluding hydrogens is 308 g/mol. The molecule has 5 heteroatoms. The maximum Gasteiger partial charge on any atom is 0.185 e. The van der Waals surface area contributed by atoms with E-state index in [9.17, 15) is 19.2 Å². The average molecular weight is 328 g/mol. The predicted octanol–water partition coefficient (Wildman–Crippen LogP) is 3.95. The lowest BCUT2D eigenvalue weighted by atomic mass is 10.1. The second kappa shape index (κ2) is 11.5. The van der Waals surface area contributed by atoms with Gasteiger partial charge in [-0.15, -0.1) is 0 Å². The molecule has 2 aromatic rings. The predicted molar refractivity (Wildman–Crippen MR) is 91.4 cm³/mol. The van der Waals surface area contributed by atoms with Gasteiger partial charge in [0.2, 0.25) is 0 Å². The lowest BCUT2D eigenvalue weighted by Crippen LogP contribution is -1.96. The van der Waals surface area contributed by atoms with E-state index >= 15 is 0 Å². The van der Waals surface area contributed by atoms with Crippen LogP contribution in [0.1, 0.15) is 52.0 Å². The number of rotatable bonds is 4. The maximum atomic E-state index is 10.9. The van der Waals surface area contributed by atoms with Gasteiger partial charge in [-0.3, -0.25) is 19.2 Å². The third kappa shape index (κ3) is 9.04. The van der Waals surface area contributed by atoms with E-state index in [0.717, 1.165) is 0 Å². The fourth-order valence-corrected chi connectivity index (χ4v) is 1.32. The molecule has 2 rings (SSSR count). The van der Waals surface area contributed by atoms with Gasteiger partial charge in [-0.1, -0.05) is 24.8 Å². The standard InChI is InChI=1S/C10H10O2.C5H4O2.C4H6O/c1-7(11)9-4-3-5-10(6-9)8(2)12;6-4-5-2-1-3-7-5;1-3-4(2)5/h3-6H,1-2H3;1-4H;3H,1H2,2H3. The molecule has 0 bridgehead atoms. The van der Waals surface area contributed by atoms with Crippen LogP contribution in [0.25, 0.3) is 0 Å². The van der Waals surface area contributed by atoms with Gasteiger partial charge in [0, 0.05) is 11.1 Å². The first-order valence-electron chi connectivity index (χ1n) is 7.05. The monoisotopic (exact) mass is 328 g/mol. The molecule has 0 aliphatic heterocycles. The Labute approximate surface area is 141 Å². The van der Waals surface area contributed by atoms with E-state index < -0.39 is 0 Å². The number of Topliss-reactive ketones (excluding diaryl/α,β-unsaturated/α-hetero) is 2. The molecule has 0 saturated carbocycles. The number of hydrogen-bond acceptors (Lipinski definition) is 5. The molecule has 0 amide bonds. The highest BCUT2D eigenvalue weighted by molar-refractivity contribution is 5.99. The summed E-state index contributed by atoms with van der Waals surface area (Å²) < 4.78 is 4.61. The summed E-state index contributed by atoms with van der Waals surface area (Å²) in [5, 5.41) is 0. The Morgan fingerprint density at radius 3 is 1.71 bits per heavy atom. The minimum atomic E-state index is -0.0156. The third-order valence-electron chi connectivity index (χ3n) is 2.62. The van der Waals surface area contributed by atoms with Gasteiger partial charge in [0.15, 0.2) is 29.4 Å². The lowest BCUT2D eigenvalue weighted by molar-refractivity contribution is -0.112. The summed E-state index contributed by atoms with van der Waals surface area (Å²) in [4.78, 5) is 41.3. The fraction of sp³-hybridized carbons (Fsp3) is 0.158. The smallest absolute Gasteiger partial charge is 0.185 e. The molecule has 0 saturated heterocycles. The van der Waals surface area contributed by atoms with Crippen molar-refractivity contribution in [1.82, 2.24) is 0 Å². The van der Waals surface area contributed by atoms with Gasteiger partial charge in [0.05, 0.1) is 6.26 Å². The minimum absolute atomic E-state index is 0.0156. The first-order valence-corrected chi connectivity index (χ1v) is 7.05. The van der Waals surface area contributed by atoms with Crippen molar-refractivity contribution >= 4 is 23.6 Å². The summed E-state index contributed by atoms with van der Waals surface area (Å²) in [6.07, 6.45) is 3.41. The third-order valence-corrected chi connectivity index (χ3v) is 2.62. The molecule has 126 valence electrons. The molecule has 0 fully saturated rings. The highest BCUT2D eigenvalue weighted by Crippen LogP contribution is 2.06. The summed E-state index contributed by atoms with van der Waals surface area (Å²) in [7, 11) is 0. The Balaban J connectivity index is 0.000000373. The number of benzene rings is 1. The van der Waals surface area contributed by atoms with Gasteiger partial charge in [0.25, 0.3) is 0 Å². The zero-order valence-corrected chi connectivity index (χ0v) is 13.9. The number of furan rings is 1. The maximum absolute atomic E-state index is 10.9. The van der Waals surface area contributed by atoms with Gasteiger partial charge in [-0.2, -0.15) is 0 Å². The molecular formula is C19H20O5. The highest BCUT2D eigenvalue weighted by atomic mass is 16.3. The zero-order chi connectivity index (χ0) is 18.5. The van der Waals surface area contributed by atoms with Gasteiger partial charge in [-0.05, 0) is 45.0 Å². The van der Waals surface area contributed by atoms with Crippen molar-refractivity contribution in [3.8, 4) is 0 Å². The molecule has 0 radical (unpaired) electrons. The van der Waals surface area contributed by atoms with Crippen LogP contribution < -0.4 is 0 Å². The molecule has 24 heavy (non-hydrogen) atoms. The molecule has 0 aliphatic rings. The highest BCUT2D eigenvalue weighted by Gasteiger charge is 2.02. The molecule has 0 aliphatic carbocycles. The van der Waals surface area contributed by atoms with Crippen LogP contribution in [0.15, 0.2) is 59.7 Å². The molecule has 0 atom stereocenters. The van der Waals surface area contributed by atoms with E-state index in [1.165, 1.54) is 33.1 Å². The Bertz CT molecular complexity index is 667. The van der Waals surface area contributed by atoms with Crippen LogP contribution in [0.4, 0.5) is 0 Å². The van der Waals surface area contributed by atoms with Crippen LogP contribution in [0.2, 0.25) is 0 Å². The van der Waals surface area contributed by atoms with E-state index in [2.05, 4.69) is 11.0 Å². The van der Waals surface area contributed by atoms with Crippen LogP contribution in [0, 0.1) is 0 Å². The first kappa shape index (κ1) is 20.9. The van der Waals surface area contributed by atoms with E-state index in [1.54, 1.807) is 36.4 Å². The molecule has 1 aromatic heterocycles. The van der Waals surface area contributed by atoms with Crippen LogP contribution in [0.5, 0.6) is 0 Å². The topological polar surface area (TPSA) is 81.4 Å². The SMILES string of the molecule is C=CC(C)=O.CC(=O)c1cccc(C(C)=O)c1.O=Cc1ccco1. The normalized spacial score (nSPS) is 8.62. The number of carbonyl (C=O) groups excluding carboxylic acids is 4. The van der Waals surface area contributed by atoms with Gasteiger partial charge < -0.3 is 4.42 Å². The second-order valence-corrected chi connectivity index (χ2v) is 4.64. The number of allylic oxidation sites excluding steroid dienone is 1. The van der Waals surface area contributed by atoms with Crippen molar-refractivity contribution < 1.29 is 23.6 Å². The molecule has 0 spiro atoms. The molecule has 5 nitrogen and oxygen atoms in total. The van der Waals surface area contributed by atoms with E-state index in [-0.39, 0.29) is 17.3 Å². The van der Waals surface area contributed by atoms with E-state index in [4.69, 9.17) is 0 Å². The van der Waals surface area contributed by atoms with Gasteiger partial charge in [0.1, 0.15) is 0 Å². The molecule has 1 aromatic carbocycles. The number of hydrogen-bond donors (Lipinski definition) is 0. The van der Waals surface area contributed by atoms with E-state index in [0.29, 0.717) is 23.2 Å². The lowest BCUT2D eigenvalue weighted by Gasteiger charge is -1.97. The Hall–Kier alpha value is -3.08. The number of ketones is 3. The zero-order valence-electron chi connectivity index (χ0n) is 13.9. The fourth-order valence-electron chi connectivity index (χ4n) is 1.32. The molecule has 1 heterocycles.